The van der Waals surface area contributed by atoms with Gasteiger partial charge in [0.15, 0.2) is 0 Å². The smallest absolute Gasteiger partial charge is 0.255 e. The summed E-state index contributed by atoms with van der Waals surface area (Å²) in [4.78, 5) is 14.8. The van der Waals surface area contributed by atoms with Crippen molar-refractivity contribution in [3.63, 3.8) is 0 Å². The van der Waals surface area contributed by atoms with Gasteiger partial charge in [-0.2, -0.15) is 0 Å². The quantitative estimate of drug-likeness (QED) is 0.933. The highest BCUT2D eigenvalue weighted by molar-refractivity contribution is 5.95. The molecule has 1 N–H and O–H groups in total. The lowest BCUT2D eigenvalue weighted by atomic mass is 10.0. The van der Waals surface area contributed by atoms with Crippen molar-refractivity contribution in [2.75, 3.05) is 13.1 Å². The molecule has 0 radical (unpaired) electrons. The van der Waals surface area contributed by atoms with Gasteiger partial charge < -0.3 is 14.3 Å². The molecule has 0 aliphatic carbocycles. The van der Waals surface area contributed by atoms with Crippen molar-refractivity contribution >= 4 is 5.91 Å². The predicted octanol–water partition coefficient (Wildman–Crippen LogP) is 2.90. The molecule has 3 rings (SSSR count). The second-order valence-electron chi connectivity index (χ2n) is 6.65. The van der Waals surface area contributed by atoms with Gasteiger partial charge in [0.2, 0.25) is 0 Å². The lowest BCUT2D eigenvalue weighted by molar-refractivity contribution is 0.0907. The first-order valence-corrected chi connectivity index (χ1v) is 8.46. The standard InChI is InChI=1S/C18H25N3O3/c1-11-9-16(13(3)23-11)18(22)19-15-5-7-21(8-6-15)10-17-12(2)20-24-14(17)4/h9,15H,5-8,10H2,1-4H3,(H,19,22). The lowest BCUT2D eigenvalue weighted by Crippen LogP contribution is -2.44. The zero-order valence-electron chi connectivity index (χ0n) is 14.8. The molecule has 1 aliphatic heterocycles. The van der Waals surface area contributed by atoms with E-state index in [1.165, 1.54) is 5.56 Å². The van der Waals surface area contributed by atoms with Crippen molar-refractivity contribution in [3.05, 3.63) is 40.2 Å². The van der Waals surface area contributed by atoms with Gasteiger partial charge in [0, 0.05) is 31.2 Å². The summed E-state index contributed by atoms with van der Waals surface area (Å²) in [7, 11) is 0. The van der Waals surface area contributed by atoms with Gasteiger partial charge in [0.25, 0.3) is 5.91 Å². The van der Waals surface area contributed by atoms with Gasteiger partial charge in [-0.25, -0.2) is 0 Å². The van der Waals surface area contributed by atoms with Crippen LogP contribution >= 0.6 is 0 Å². The van der Waals surface area contributed by atoms with E-state index in [9.17, 15) is 4.79 Å². The van der Waals surface area contributed by atoms with Crippen molar-refractivity contribution in [3.8, 4) is 0 Å². The molecule has 1 amide bonds. The molecule has 6 nitrogen and oxygen atoms in total. The van der Waals surface area contributed by atoms with Crippen molar-refractivity contribution in [1.29, 1.82) is 0 Å². The second kappa shape index (κ2) is 6.81. The molecule has 0 atom stereocenters. The van der Waals surface area contributed by atoms with E-state index >= 15 is 0 Å². The van der Waals surface area contributed by atoms with E-state index in [1.807, 2.05) is 27.7 Å². The molecular weight excluding hydrogens is 306 g/mol. The van der Waals surface area contributed by atoms with Crippen molar-refractivity contribution < 1.29 is 13.7 Å². The number of piperidine rings is 1. The first-order chi connectivity index (χ1) is 11.4. The molecule has 130 valence electrons. The van der Waals surface area contributed by atoms with Crippen LogP contribution in [0.25, 0.3) is 0 Å². The SMILES string of the molecule is Cc1cc(C(=O)NC2CCN(Cc3c(C)noc3C)CC2)c(C)o1. The third-order valence-electron chi connectivity index (χ3n) is 4.77. The Labute approximate surface area is 142 Å². The van der Waals surface area contributed by atoms with Gasteiger partial charge in [0.05, 0.1) is 11.3 Å². The molecule has 0 aromatic carbocycles. The third-order valence-corrected chi connectivity index (χ3v) is 4.77. The minimum absolute atomic E-state index is 0.0338. The zero-order chi connectivity index (χ0) is 17.3. The number of rotatable bonds is 4. The van der Waals surface area contributed by atoms with E-state index < -0.39 is 0 Å². The number of hydrogen-bond acceptors (Lipinski definition) is 5. The molecule has 2 aromatic rings. The fraction of sp³-hybridized carbons (Fsp3) is 0.556. The van der Waals surface area contributed by atoms with E-state index in [0.717, 1.165) is 49.7 Å². The van der Waals surface area contributed by atoms with Crippen LogP contribution in [0, 0.1) is 27.7 Å². The third kappa shape index (κ3) is 3.53. The van der Waals surface area contributed by atoms with Gasteiger partial charge in [0.1, 0.15) is 17.3 Å². The molecule has 0 spiro atoms. The normalized spacial score (nSPS) is 16.5. The average Bonchev–Trinajstić information content (AvgIpc) is 3.04. The van der Waals surface area contributed by atoms with Gasteiger partial charge >= 0.3 is 0 Å². The molecule has 3 heterocycles. The number of nitrogens with zero attached hydrogens (tertiary/aromatic N) is 2. The largest absolute Gasteiger partial charge is 0.466 e. The fourth-order valence-corrected chi connectivity index (χ4v) is 3.31. The van der Waals surface area contributed by atoms with E-state index in [1.54, 1.807) is 6.07 Å². The van der Waals surface area contributed by atoms with Gasteiger partial charge in [-0.3, -0.25) is 9.69 Å². The number of furan rings is 1. The van der Waals surface area contributed by atoms with Crippen LogP contribution in [0.2, 0.25) is 0 Å². The molecule has 1 saturated heterocycles. The molecule has 0 saturated carbocycles. The van der Waals surface area contributed by atoms with Crippen molar-refractivity contribution in [2.24, 2.45) is 0 Å². The predicted molar refractivity (Wildman–Crippen MR) is 89.9 cm³/mol. The Kier molecular flexibility index (Phi) is 4.76. The Balaban J connectivity index is 1.52. The summed E-state index contributed by atoms with van der Waals surface area (Å²) in [5.41, 5.74) is 2.79. The van der Waals surface area contributed by atoms with E-state index in [2.05, 4.69) is 15.4 Å². The Morgan fingerprint density at radius 2 is 1.96 bits per heavy atom. The molecule has 2 aromatic heterocycles. The first-order valence-electron chi connectivity index (χ1n) is 8.46. The van der Waals surface area contributed by atoms with Crippen LogP contribution in [0.15, 0.2) is 15.0 Å². The summed E-state index contributed by atoms with van der Waals surface area (Å²) >= 11 is 0. The monoisotopic (exact) mass is 331 g/mol. The minimum atomic E-state index is -0.0338. The van der Waals surface area contributed by atoms with Crippen LogP contribution in [0.5, 0.6) is 0 Å². The topological polar surface area (TPSA) is 71.5 Å². The Hall–Kier alpha value is -2.08. The zero-order valence-corrected chi connectivity index (χ0v) is 14.8. The number of aromatic nitrogens is 1. The maximum atomic E-state index is 12.4. The van der Waals surface area contributed by atoms with E-state index in [0.29, 0.717) is 11.3 Å². The maximum Gasteiger partial charge on any atom is 0.255 e. The van der Waals surface area contributed by atoms with Gasteiger partial charge in [-0.1, -0.05) is 5.16 Å². The summed E-state index contributed by atoms with van der Waals surface area (Å²) in [6, 6.07) is 2.02. The summed E-state index contributed by atoms with van der Waals surface area (Å²) in [5.74, 6) is 2.31. The fourth-order valence-electron chi connectivity index (χ4n) is 3.31. The molecule has 24 heavy (non-hydrogen) atoms. The van der Waals surface area contributed by atoms with Crippen molar-refractivity contribution in [2.45, 2.75) is 53.1 Å². The number of carbonyl (C=O) groups is 1. The van der Waals surface area contributed by atoms with Gasteiger partial charge in [-0.05, 0) is 46.6 Å². The van der Waals surface area contributed by atoms with E-state index in [-0.39, 0.29) is 11.9 Å². The van der Waals surface area contributed by atoms with Crippen LogP contribution in [-0.2, 0) is 6.54 Å². The number of nitrogens with one attached hydrogen (secondary N) is 1. The summed E-state index contributed by atoms with van der Waals surface area (Å²) < 4.78 is 10.7. The lowest BCUT2D eigenvalue weighted by Gasteiger charge is -2.32. The van der Waals surface area contributed by atoms with Crippen LogP contribution in [0.3, 0.4) is 0 Å². The Bertz CT molecular complexity index is 704. The van der Waals surface area contributed by atoms with Crippen LogP contribution < -0.4 is 5.32 Å². The number of hydrogen-bond donors (Lipinski definition) is 1. The molecule has 0 bridgehead atoms. The maximum absolute atomic E-state index is 12.4. The summed E-state index contributed by atoms with van der Waals surface area (Å²) in [6.45, 7) is 10.4. The molecule has 6 heteroatoms. The Morgan fingerprint density at radius 1 is 1.25 bits per heavy atom. The second-order valence-corrected chi connectivity index (χ2v) is 6.65. The van der Waals surface area contributed by atoms with E-state index in [4.69, 9.17) is 8.94 Å². The van der Waals surface area contributed by atoms with Crippen LogP contribution in [0.1, 0.15) is 51.7 Å². The summed E-state index contributed by atoms with van der Waals surface area (Å²) in [5, 5.41) is 7.15. The average molecular weight is 331 g/mol. The molecular formula is C18H25N3O3. The minimum Gasteiger partial charge on any atom is -0.466 e. The number of amides is 1. The van der Waals surface area contributed by atoms with Crippen LogP contribution in [0.4, 0.5) is 0 Å². The van der Waals surface area contributed by atoms with Gasteiger partial charge in [-0.15, -0.1) is 0 Å². The molecule has 0 unspecified atom stereocenters. The number of likely N-dealkylation sites (tertiary alicyclic amines) is 1. The molecule has 1 aliphatic rings. The highest BCUT2D eigenvalue weighted by Gasteiger charge is 2.24. The highest BCUT2D eigenvalue weighted by Crippen LogP contribution is 2.19. The highest BCUT2D eigenvalue weighted by atomic mass is 16.5. The summed E-state index contributed by atoms with van der Waals surface area (Å²) in [6.07, 6.45) is 1.90. The van der Waals surface area contributed by atoms with Crippen LogP contribution in [-0.4, -0.2) is 35.1 Å². The first kappa shape index (κ1) is 16.8. The van der Waals surface area contributed by atoms with Crippen molar-refractivity contribution in [1.82, 2.24) is 15.4 Å². The number of aryl methyl sites for hydroxylation is 4. The number of carbonyl (C=O) groups excluding carboxylic acids is 1. The Morgan fingerprint density at radius 3 is 2.50 bits per heavy atom. The molecule has 1 fully saturated rings.